The summed E-state index contributed by atoms with van der Waals surface area (Å²) in [7, 11) is 1.37. The number of rotatable bonds is 16. The first-order valence-electron chi connectivity index (χ1n) is 18.9. The second-order valence-corrected chi connectivity index (χ2v) is 15.3. The summed E-state index contributed by atoms with van der Waals surface area (Å²) in [6, 6.07) is 22.2. The number of aliphatic hydroxyl groups is 1. The van der Waals surface area contributed by atoms with Crippen LogP contribution >= 0.6 is 11.6 Å². The number of nitrogens with one attached hydrogen (secondary N) is 2. The Balaban J connectivity index is 1.28. The van der Waals surface area contributed by atoms with Gasteiger partial charge in [0.05, 0.1) is 31.5 Å². The summed E-state index contributed by atoms with van der Waals surface area (Å²) in [6.07, 6.45) is 1.15. The van der Waals surface area contributed by atoms with Crippen molar-refractivity contribution in [2.45, 2.75) is 91.6 Å². The van der Waals surface area contributed by atoms with Crippen LogP contribution in [0, 0.1) is 0 Å². The zero-order chi connectivity index (χ0) is 40.6. The SMILES string of the molecule is CCCCc1nc(Cl)c(CNC(=O)c2cc3c(OCC(O)CN(C(=O)OC(C)(C)C)C(C)C)cccc3[nH]2)n1Cc1ccc(-c2ccccc2C(=O)OC)cc1. The van der Waals surface area contributed by atoms with Gasteiger partial charge in [0.25, 0.3) is 5.91 Å². The number of aliphatic hydroxyl groups excluding tert-OH is 1. The van der Waals surface area contributed by atoms with Crippen LogP contribution in [-0.4, -0.2) is 80.5 Å². The van der Waals surface area contributed by atoms with Crippen LogP contribution in [0.3, 0.4) is 0 Å². The number of hydrogen-bond donors (Lipinski definition) is 3. The number of methoxy groups -OCH3 is 1. The van der Waals surface area contributed by atoms with Crippen molar-refractivity contribution in [2.75, 3.05) is 20.3 Å². The molecule has 56 heavy (non-hydrogen) atoms. The number of aryl methyl sites for hydroxylation is 1. The Morgan fingerprint density at radius 2 is 1.77 bits per heavy atom. The number of halogens is 1. The number of unbranched alkanes of at least 4 members (excludes halogenated alkanes) is 1. The molecular weight excluding hydrogens is 734 g/mol. The van der Waals surface area contributed by atoms with Gasteiger partial charge in [-0.1, -0.05) is 73.5 Å². The lowest BCUT2D eigenvalue weighted by atomic mass is 9.98. The van der Waals surface area contributed by atoms with E-state index in [4.69, 9.17) is 25.8 Å². The van der Waals surface area contributed by atoms with Gasteiger partial charge in [-0.3, -0.25) is 4.79 Å². The first kappa shape index (κ1) is 41.8. The summed E-state index contributed by atoms with van der Waals surface area (Å²) in [6.45, 7) is 11.8. The molecule has 2 aromatic heterocycles. The van der Waals surface area contributed by atoms with Crippen LogP contribution in [-0.2, 0) is 29.0 Å². The third-order valence-electron chi connectivity index (χ3n) is 9.17. The van der Waals surface area contributed by atoms with Gasteiger partial charge in [0.1, 0.15) is 35.6 Å². The van der Waals surface area contributed by atoms with Crippen molar-refractivity contribution in [3.8, 4) is 16.9 Å². The van der Waals surface area contributed by atoms with Gasteiger partial charge >= 0.3 is 12.1 Å². The number of benzene rings is 3. The Morgan fingerprint density at radius 1 is 1.04 bits per heavy atom. The Bertz CT molecular complexity index is 2130. The van der Waals surface area contributed by atoms with E-state index in [0.717, 1.165) is 41.8 Å². The number of carbonyl (C=O) groups excluding carboxylic acids is 3. The van der Waals surface area contributed by atoms with Gasteiger partial charge in [0.2, 0.25) is 0 Å². The molecule has 13 heteroatoms. The molecule has 2 amide bonds. The molecule has 0 bridgehead atoms. The van der Waals surface area contributed by atoms with Gasteiger partial charge in [-0.05, 0) is 82.0 Å². The molecule has 0 spiro atoms. The van der Waals surface area contributed by atoms with Crippen LogP contribution < -0.4 is 10.1 Å². The molecule has 0 saturated carbocycles. The van der Waals surface area contributed by atoms with E-state index in [9.17, 15) is 19.5 Å². The van der Waals surface area contributed by atoms with Gasteiger partial charge in [-0.2, -0.15) is 0 Å². The van der Waals surface area contributed by atoms with E-state index in [0.29, 0.717) is 45.3 Å². The number of H-pyrrole nitrogens is 1. The van der Waals surface area contributed by atoms with Crippen molar-refractivity contribution in [3.05, 3.63) is 106 Å². The van der Waals surface area contributed by atoms with Gasteiger partial charge < -0.3 is 39.1 Å². The standard InChI is InChI=1S/C43H52ClN5O7/c1-8-9-17-38-47-39(44)36(49(38)24-28-18-20-29(21-19-28)31-13-10-11-14-32(31)41(52)54-7)23-45-40(51)35-22-33-34(46-35)15-12-16-37(33)55-26-30(50)25-48(27(2)3)42(53)56-43(4,5)6/h10-16,18-22,27,30,46,50H,8-9,17,23-26H2,1-7H3,(H,45,51). The number of fused-ring (bicyclic) bond motifs is 1. The number of aromatic amines is 1. The topological polar surface area (TPSA) is 148 Å². The minimum Gasteiger partial charge on any atom is -0.490 e. The van der Waals surface area contributed by atoms with Crippen molar-refractivity contribution in [1.29, 1.82) is 0 Å². The van der Waals surface area contributed by atoms with Crippen molar-refractivity contribution in [2.24, 2.45) is 0 Å². The number of esters is 1. The highest BCUT2D eigenvalue weighted by atomic mass is 35.5. The zero-order valence-electron chi connectivity index (χ0n) is 33.1. The second kappa shape index (κ2) is 18.5. The number of amides is 2. The van der Waals surface area contributed by atoms with Crippen molar-refractivity contribution in [1.82, 2.24) is 24.8 Å². The Morgan fingerprint density at radius 3 is 2.45 bits per heavy atom. The molecule has 2 heterocycles. The molecule has 298 valence electrons. The monoisotopic (exact) mass is 785 g/mol. The zero-order valence-corrected chi connectivity index (χ0v) is 33.9. The van der Waals surface area contributed by atoms with E-state index in [-0.39, 0.29) is 31.6 Å². The molecule has 0 fully saturated rings. The van der Waals surface area contributed by atoms with E-state index in [2.05, 4.69) is 26.8 Å². The quantitative estimate of drug-likeness (QED) is 0.0849. The summed E-state index contributed by atoms with van der Waals surface area (Å²) in [5, 5.41) is 14.8. The molecule has 1 unspecified atom stereocenters. The maximum Gasteiger partial charge on any atom is 0.410 e. The van der Waals surface area contributed by atoms with Crippen LogP contribution in [0.5, 0.6) is 5.75 Å². The summed E-state index contributed by atoms with van der Waals surface area (Å²) >= 11 is 6.73. The van der Waals surface area contributed by atoms with E-state index in [1.807, 2.05) is 62.4 Å². The smallest absolute Gasteiger partial charge is 0.410 e. The van der Waals surface area contributed by atoms with Gasteiger partial charge in [-0.15, -0.1) is 0 Å². The maximum absolute atomic E-state index is 13.6. The van der Waals surface area contributed by atoms with Gasteiger partial charge in [0.15, 0.2) is 5.15 Å². The Labute approximate surface area is 333 Å². The van der Waals surface area contributed by atoms with Crippen LogP contribution in [0.1, 0.15) is 92.3 Å². The third-order valence-corrected chi connectivity index (χ3v) is 9.47. The van der Waals surface area contributed by atoms with Crippen molar-refractivity contribution < 1.29 is 33.7 Å². The Hall–Kier alpha value is -5.33. The molecular formula is C43H52ClN5O7. The first-order valence-corrected chi connectivity index (χ1v) is 19.3. The molecule has 12 nitrogen and oxygen atoms in total. The summed E-state index contributed by atoms with van der Waals surface area (Å²) in [5.41, 5.74) is 4.18. The summed E-state index contributed by atoms with van der Waals surface area (Å²) in [4.78, 5) is 48.0. The van der Waals surface area contributed by atoms with Crippen molar-refractivity contribution >= 4 is 40.5 Å². The lowest BCUT2D eigenvalue weighted by molar-refractivity contribution is 0.00194. The lowest BCUT2D eigenvalue weighted by Crippen LogP contribution is -2.46. The second-order valence-electron chi connectivity index (χ2n) is 15.0. The van der Waals surface area contributed by atoms with Crippen molar-refractivity contribution in [3.63, 3.8) is 0 Å². The first-order chi connectivity index (χ1) is 26.7. The molecule has 0 aliphatic rings. The minimum absolute atomic E-state index is 0.0273. The number of hydrogen-bond acceptors (Lipinski definition) is 8. The molecule has 0 aliphatic carbocycles. The fourth-order valence-corrected chi connectivity index (χ4v) is 6.56. The number of nitrogens with zero attached hydrogens (tertiary/aromatic N) is 3. The van der Waals surface area contributed by atoms with Gasteiger partial charge in [-0.25, -0.2) is 14.6 Å². The maximum atomic E-state index is 13.6. The van der Waals surface area contributed by atoms with E-state index in [1.54, 1.807) is 45.0 Å². The highest BCUT2D eigenvalue weighted by Crippen LogP contribution is 2.28. The highest BCUT2D eigenvalue weighted by Gasteiger charge is 2.27. The predicted molar refractivity (Wildman–Crippen MR) is 217 cm³/mol. The van der Waals surface area contributed by atoms with Crippen LogP contribution in [0.15, 0.2) is 72.8 Å². The van der Waals surface area contributed by atoms with Gasteiger partial charge in [0, 0.05) is 29.9 Å². The summed E-state index contributed by atoms with van der Waals surface area (Å²) < 4.78 is 18.6. The van der Waals surface area contributed by atoms with Crippen LogP contribution in [0.25, 0.3) is 22.0 Å². The number of ether oxygens (including phenoxy) is 3. The lowest BCUT2D eigenvalue weighted by Gasteiger charge is -2.31. The van der Waals surface area contributed by atoms with Crippen LogP contribution in [0.4, 0.5) is 4.79 Å². The number of aromatic nitrogens is 3. The van der Waals surface area contributed by atoms with Crippen LogP contribution in [0.2, 0.25) is 5.15 Å². The van der Waals surface area contributed by atoms with E-state index < -0.39 is 23.8 Å². The molecule has 1 atom stereocenters. The molecule has 0 aliphatic heterocycles. The normalized spacial score (nSPS) is 12.1. The molecule has 3 aromatic carbocycles. The molecule has 3 N–H and O–H groups in total. The third kappa shape index (κ3) is 10.5. The minimum atomic E-state index is -0.986. The molecule has 0 radical (unpaired) electrons. The predicted octanol–water partition coefficient (Wildman–Crippen LogP) is 8.18. The molecule has 0 saturated heterocycles. The summed E-state index contributed by atoms with van der Waals surface area (Å²) in [5.74, 6) is 0.572. The average Bonchev–Trinajstić information content (AvgIpc) is 3.74. The largest absolute Gasteiger partial charge is 0.490 e. The molecule has 5 aromatic rings. The van der Waals surface area contributed by atoms with E-state index in [1.165, 1.54) is 12.0 Å². The Kier molecular flexibility index (Phi) is 13.8. The fourth-order valence-electron chi connectivity index (χ4n) is 6.30. The number of imidazole rings is 1. The highest BCUT2D eigenvalue weighted by molar-refractivity contribution is 6.30. The molecule has 5 rings (SSSR count). The van der Waals surface area contributed by atoms with E-state index >= 15 is 0 Å². The average molecular weight is 786 g/mol. The fraction of sp³-hybridized carbons (Fsp3) is 0.395. The number of carbonyl (C=O) groups is 3.